The molecule has 28 heavy (non-hydrogen) atoms. The topological polar surface area (TPSA) is 111 Å². The van der Waals surface area contributed by atoms with Gasteiger partial charge in [-0.25, -0.2) is 24.4 Å². The van der Waals surface area contributed by atoms with Crippen LogP contribution in [0.1, 0.15) is 35.4 Å². The fourth-order valence-corrected chi connectivity index (χ4v) is 3.00. The first-order valence-electron chi connectivity index (χ1n) is 8.68. The van der Waals surface area contributed by atoms with E-state index in [4.69, 9.17) is 16.3 Å². The van der Waals surface area contributed by atoms with Crippen molar-refractivity contribution in [1.82, 2.24) is 34.9 Å². The average Bonchev–Trinajstić information content (AvgIpc) is 3.30. The SMILES string of the molecule is CCCc1c(C(=O)OCc2nc3ncncc3[nH]2)nnn1-c1cccc(Cl)c1. The smallest absolute Gasteiger partial charge is 0.361 e. The van der Waals surface area contributed by atoms with E-state index in [1.165, 1.54) is 6.33 Å². The largest absolute Gasteiger partial charge is 0.453 e. The molecule has 4 aromatic rings. The average molecular weight is 398 g/mol. The zero-order valence-electron chi connectivity index (χ0n) is 15.0. The van der Waals surface area contributed by atoms with Crippen molar-refractivity contribution < 1.29 is 9.53 Å². The Balaban J connectivity index is 1.56. The van der Waals surface area contributed by atoms with E-state index in [1.807, 2.05) is 19.1 Å². The lowest BCUT2D eigenvalue weighted by Gasteiger charge is -2.07. The van der Waals surface area contributed by atoms with Crippen molar-refractivity contribution in [3.05, 3.63) is 59.0 Å². The zero-order chi connectivity index (χ0) is 19.5. The van der Waals surface area contributed by atoms with Gasteiger partial charge in [-0.05, 0) is 24.6 Å². The van der Waals surface area contributed by atoms with Crippen molar-refractivity contribution in [1.29, 1.82) is 0 Å². The number of halogens is 1. The molecular weight excluding hydrogens is 382 g/mol. The van der Waals surface area contributed by atoms with Gasteiger partial charge in [0.1, 0.15) is 24.3 Å². The van der Waals surface area contributed by atoms with Crippen molar-refractivity contribution >= 4 is 28.7 Å². The number of hydrogen-bond acceptors (Lipinski definition) is 7. The molecule has 0 amide bonds. The fraction of sp³-hybridized carbons (Fsp3) is 0.222. The maximum atomic E-state index is 12.6. The highest BCUT2D eigenvalue weighted by Gasteiger charge is 2.22. The number of H-pyrrole nitrogens is 1. The number of aromatic nitrogens is 7. The van der Waals surface area contributed by atoms with Crippen LogP contribution < -0.4 is 0 Å². The van der Waals surface area contributed by atoms with Crippen LogP contribution >= 0.6 is 11.6 Å². The van der Waals surface area contributed by atoms with Crippen LogP contribution in [0.5, 0.6) is 0 Å². The van der Waals surface area contributed by atoms with Gasteiger partial charge in [-0.2, -0.15) is 0 Å². The Morgan fingerprint density at radius 3 is 3.04 bits per heavy atom. The molecule has 10 heteroatoms. The Morgan fingerprint density at radius 2 is 2.25 bits per heavy atom. The van der Waals surface area contributed by atoms with E-state index in [9.17, 15) is 4.79 Å². The molecular formula is C18H16ClN7O2. The molecule has 9 nitrogen and oxygen atoms in total. The van der Waals surface area contributed by atoms with E-state index in [0.717, 1.165) is 12.1 Å². The quantitative estimate of drug-likeness (QED) is 0.498. The summed E-state index contributed by atoms with van der Waals surface area (Å²) < 4.78 is 6.99. The van der Waals surface area contributed by atoms with Gasteiger partial charge in [0.05, 0.1) is 17.6 Å². The number of fused-ring (bicyclic) bond motifs is 1. The predicted molar refractivity (Wildman–Crippen MR) is 101 cm³/mol. The summed E-state index contributed by atoms with van der Waals surface area (Å²) in [6.07, 6.45) is 4.45. The first kappa shape index (κ1) is 18.1. The summed E-state index contributed by atoms with van der Waals surface area (Å²) in [4.78, 5) is 27.8. The van der Waals surface area contributed by atoms with Crippen molar-refractivity contribution in [2.75, 3.05) is 0 Å². The van der Waals surface area contributed by atoms with E-state index >= 15 is 0 Å². The molecule has 0 spiro atoms. The number of ether oxygens (including phenoxy) is 1. The third kappa shape index (κ3) is 3.56. The van der Waals surface area contributed by atoms with Crippen LogP contribution in [-0.2, 0) is 17.8 Å². The summed E-state index contributed by atoms with van der Waals surface area (Å²) in [5.41, 5.74) is 2.77. The van der Waals surface area contributed by atoms with E-state index in [1.54, 1.807) is 23.0 Å². The third-order valence-corrected chi connectivity index (χ3v) is 4.28. The molecule has 3 aromatic heterocycles. The Morgan fingerprint density at radius 1 is 1.36 bits per heavy atom. The highest BCUT2D eigenvalue weighted by molar-refractivity contribution is 6.30. The molecule has 0 radical (unpaired) electrons. The van der Waals surface area contributed by atoms with Gasteiger partial charge >= 0.3 is 5.97 Å². The number of hydrogen-bond donors (Lipinski definition) is 1. The number of rotatable bonds is 6. The Kier molecular flexibility index (Phi) is 4.98. The zero-order valence-corrected chi connectivity index (χ0v) is 15.7. The highest BCUT2D eigenvalue weighted by atomic mass is 35.5. The molecule has 0 saturated heterocycles. The minimum absolute atomic E-state index is 0.0369. The fourth-order valence-electron chi connectivity index (χ4n) is 2.82. The first-order valence-corrected chi connectivity index (χ1v) is 9.05. The van der Waals surface area contributed by atoms with E-state index in [-0.39, 0.29) is 12.3 Å². The van der Waals surface area contributed by atoms with Crippen LogP contribution in [0.4, 0.5) is 0 Å². The molecule has 3 heterocycles. The maximum absolute atomic E-state index is 12.6. The van der Waals surface area contributed by atoms with Crippen molar-refractivity contribution in [3.8, 4) is 5.69 Å². The molecule has 0 atom stereocenters. The van der Waals surface area contributed by atoms with Crippen molar-refractivity contribution in [3.63, 3.8) is 0 Å². The molecule has 0 aliphatic carbocycles. The molecule has 0 unspecified atom stereocenters. The van der Waals surface area contributed by atoms with Gasteiger partial charge in [0.25, 0.3) is 0 Å². The normalized spacial score (nSPS) is 11.1. The third-order valence-electron chi connectivity index (χ3n) is 4.05. The number of benzene rings is 1. The Bertz CT molecular complexity index is 1100. The van der Waals surface area contributed by atoms with E-state index in [0.29, 0.717) is 34.1 Å². The molecule has 1 aromatic carbocycles. The van der Waals surface area contributed by atoms with Crippen molar-refractivity contribution in [2.45, 2.75) is 26.4 Å². The van der Waals surface area contributed by atoms with Crippen LogP contribution in [0, 0.1) is 0 Å². The number of carbonyl (C=O) groups is 1. The number of carbonyl (C=O) groups excluding carboxylic acids is 1. The van der Waals surface area contributed by atoms with Gasteiger partial charge in [0.2, 0.25) is 0 Å². The number of nitrogens with one attached hydrogen (secondary N) is 1. The van der Waals surface area contributed by atoms with Crippen LogP contribution in [0.25, 0.3) is 16.9 Å². The Hall–Kier alpha value is -3.33. The lowest BCUT2D eigenvalue weighted by atomic mass is 10.2. The van der Waals surface area contributed by atoms with E-state index in [2.05, 4.69) is 30.2 Å². The highest BCUT2D eigenvalue weighted by Crippen LogP contribution is 2.19. The number of imidazole rings is 1. The molecule has 1 N–H and O–H groups in total. The van der Waals surface area contributed by atoms with Crippen LogP contribution in [0.15, 0.2) is 36.8 Å². The number of aromatic amines is 1. The monoisotopic (exact) mass is 397 g/mol. The van der Waals surface area contributed by atoms with Crippen LogP contribution in [0.3, 0.4) is 0 Å². The van der Waals surface area contributed by atoms with Gasteiger partial charge in [0.15, 0.2) is 11.3 Å². The first-order chi connectivity index (χ1) is 13.7. The van der Waals surface area contributed by atoms with Gasteiger partial charge in [-0.15, -0.1) is 5.10 Å². The van der Waals surface area contributed by atoms with Crippen molar-refractivity contribution in [2.24, 2.45) is 0 Å². The number of nitrogens with zero attached hydrogens (tertiary/aromatic N) is 6. The van der Waals surface area contributed by atoms with Gasteiger partial charge in [0, 0.05) is 5.02 Å². The summed E-state index contributed by atoms with van der Waals surface area (Å²) >= 11 is 6.07. The lowest BCUT2D eigenvalue weighted by molar-refractivity contribution is 0.0455. The van der Waals surface area contributed by atoms with Crippen LogP contribution in [0.2, 0.25) is 5.02 Å². The van der Waals surface area contributed by atoms with Gasteiger partial charge in [-0.3, -0.25) is 0 Å². The summed E-state index contributed by atoms with van der Waals surface area (Å²) in [6.45, 7) is 1.98. The van der Waals surface area contributed by atoms with Gasteiger partial charge in [-0.1, -0.05) is 36.2 Å². The Labute approximate surface area is 164 Å². The number of esters is 1. The van der Waals surface area contributed by atoms with Crippen LogP contribution in [-0.4, -0.2) is 40.9 Å². The summed E-state index contributed by atoms with van der Waals surface area (Å²) in [5.74, 6) is -0.0913. The molecule has 0 saturated carbocycles. The summed E-state index contributed by atoms with van der Waals surface area (Å²) in [7, 11) is 0. The molecule has 0 bridgehead atoms. The molecule has 142 valence electrons. The second-order valence-electron chi connectivity index (χ2n) is 6.05. The second kappa shape index (κ2) is 7.73. The van der Waals surface area contributed by atoms with Gasteiger partial charge < -0.3 is 9.72 Å². The second-order valence-corrected chi connectivity index (χ2v) is 6.48. The molecule has 4 rings (SSSR count). The molecule has 0 aliphatic heterocycles. The maximum Gasteiger partial charge on any atom is 0.361 e. The molecule has 0 fully saturated rings. The summed E-state index contributed by atoms with van der Waals surface area (Å²) in [5, 5.41) is 8.74. The van der Waals surface area contributed by atoms with E-state index < -0.39 is 5.97 Å². The molecule has 0 aliphatic rings. The summed E-state index contributed by atoms with van der Waals surface area (Å²) in [6, 6.07) is 7.20. The lowest BCUT2D eigenvalue weighted by Crippen LogP contribution is -2.11. The minimum Gasteiger partial charge on any atom is -0.453 e. The minimum atomic E-state index is -0.566. The standard InChI is InChI=1S/C18H16ClN7O2/c1-2-4-14-16(24-25-26(14)12-6-3-5-11(19)7-12)18(27)28-9-15-22-13-8-20-10-21-17(13)23-15/h3,5-8,10H,2,4,9H2,1H3,(H,20,21,22,23). The predicted octanol–water partition coefficient (Wildman–Crippen LogP) is 2.90.